The van der Waals surface area contributed by atoms with Crippen molar-refractivity contribution in [2.45, 2.75) is 89.9 Å². The molecule has 2 aromatic carbocycles. The molecule has 298 valence electrons. The standard InChI is InChI=1S/C45H62ClN5O4/c1-4-5-25-51-44(39-17-16-38(52-29-18-36-12-14-37(46)15-13-36)33-41(39)54-31-27-49-21-8-9-22-49)47-43-42(55-32-28-50-23-10-11-24-50)34-40(35(2)45(43,51)3)53-30-26-48-19-6-7-20-48/h8-9,12-17,21-22,33-35,40,43H,4-7,10-11,18-20,23-32H2,1-3H3. The van der Waals surface area contributed by atoms with E-state index in [1.807, 2.05) is 24.3 Å². The van der Waals surface area contributed by atoms with Crippen molar-refractivity contribution < 1.29 is 18.9 Å². The monoisotopic (exact) mass is 771 g/mol. The van der Waals surface area contributed by atoms with Crippen LogP contribution in [0.15, 0.2) is 83.8 Å². The summed E-state index contributed by atoms with van der Waals surface area (Å²) in [7, 11) is 0. The molecule has 4 unspecified atom stereocenters. The van der Waals surface area contributed by atoms with Gasteiger partial charge in [-0.15, -0.1) is 0 Å². The molecular formula is C45H62ClN5O4. The maximum absolute atomic E-state index is 6.80. The number of aromatic nitrogens is 1. The highest BCUT2D eigenvalue weighted by atomic mass is 35.5. The van der Waals surface area contributed by atoms with Gasteiger partial charge in [0.1, 0.15) is 42.3 Å². The molecule has 55 heavy (non-hydrogen) atoms. The molecule has 4 heterocycles. The van der Waals surface area contributed by atoms with Gasteiger partial charge in [-0.25, -0.2) is 0 Å². The average molecular weight is 772 g/mol. The summed E-state index contributed by atoms with van der Waals surface area (Å²) in [6.07, 6.45) is 14.4. The molecule has 3 aromatic rings. The zero-order valence-electron chi connectivity index (χ0n) is 33.3. The second-order valence-electron chi connectivity index (χ2n) is 15.9. The minimum atomic E-state index is -0.350. The predicted octanol–water partition coefficient (Wildman–Crippen LogP) is 7.96. The Balaban J connectivity index is 1.17. The van der Waals surface area contributed by atoms with E-state index in [0.29, 0.717) is 19.8 Å². The Hall–Kier alpha value is -3.50. The van der Waals surface area contributed by atoms with Gasteiger partial charge in [-0.3, -0.25) is 9.89 Å². The first-order chi connectivity index (χ1) is 26.9. The highest BCUT2D eigenvalue weighted by Gasteiger charge is 2.57. The fraction of sp³-hybridized carbons (Fsp3) is 0.578. The van der Waals surface area contributed by atoms with Gasteiger partial charge in [0.15, 0.2) is 0 Å². The van der Waals surface area contributed by atoms with Crippen molar-refractivity contribution in [3.05, 3.63) is 95.0 Å². The van der Waals surface area contributed by atoms with Crippen molar-refractivity contribution in [3.8, 4) is 11.5 Å². The molecule has 0 amide bonds. The quantitative estimate of drug-likeness (QED) is 0.116. The molecule has 3 aliphatic heterocycles. The maximum Gasteiger partial charge on any atom is 0.136 e. The number of rotatable bonds is 20. The molecule has 9 nitrogen and oxygen atoms in total. The van der Waals surface area contributed by atoms with Crippen molar-refractivity contribution in [1.82, 2.24) is 19.3 Å². The van der Waals surface area contributed by atoms with Crippen LogP contribution in [0.3, 0.4) is 0 Å². The normalized spacial score (nSPS) is 24.2. The lowest BCUT2D eigenvalue weighted by Crippen LogP contribution is -2.61. The molecule has 0 spiro atoms. The number of amidine groups is 1. The number of benzene rings is 2. The van der Waals surface area contributed by atoms with Crippen LogP contribution in [0.5, 0.6) is 11.5 Å². The molecule has 0 N–H and O–H groups in total. The minimum Gasteiger partial charge on any atom is -0.494 e. The second-order valence-corrected chi connectivity index (χ2v) is 16.3. The third-order valence-corrected chi connectivity index (χ3v) is 12.5. The third-order valence-electron chi connectivity index (χ3n) is 12.2. The van der Waals surface area contributed by atoms with Crippen LogP contribution in [0, 0.1) is 5.92 Å². The molecule has 0 radical (unpaired) electrons. The number of halogens is 1. The summed E-state index contributed by atoms with van der Waals surface area (Å²) >= 11 is 6.12. The third kappa shape index (κ3) is 9.73. The number of hydrogen-bond acceptors (Lipinski definition) is 8. The zero-order valence-corrected chi connectivity index (χ0v) is 34.1. The van der Waals surface area contributed by atoms with Crippen molar-refractivity contribution in [2.75, 3.05) is 72.2 Å². The molecule has 1 aromatic heterocycles. The summed E-state index contributed by atoms with van der Waals surface area (Å²) in [5.41, 5.74) is 1.82. The first-order valence-corrected chi connectivity index (χ1v) is 21.3. The van der Waals surface area contributed by atoms with E-state index in [-0.39, 0.29) is 23.6 Å². The van der Waals surface area contributed by atoms with Gasteiger partial charge >= 0.3 is 0 Å². The number of fused-ring (bicyclic) bond motifs is 1. The van der Waals surface area contributed by atoms with E-state index < -0.39 is 0 Å². The Morgan fingerprint density at radius 3 is 2.20 bits per heavy atom. The van der Waals surface area contributed by atoms with Gasteiger partial charge in [0, 0.05) is 55.5 Å². The van der Waals surface area contributed by atoms with E-state index >= 15 is 0 Å². The molecule has 4 atom stereocenters. The SMILES string of the molecule is CCCCN1C(c2ccc(OCCc3ccc(Cl)cc3)cc2OCCn2cccc2)=NC2C(OCCN3CCCC3)=CC(OCCN3CCCC3)C(C)C21C. The second kappa shape index (κ2) is 19.1. The van der Waals surface area contributed by atoms with Crippen molar-refractivity contribution in [2.24, 2.45) is 10.9 Å². The van der Waals surface area contributed by atoms with E-state index in [9.17, 15) is 0 Å². The molecule has 2 fully saturated rings. The maximum atomic E-state index is 6.80. The molecule has 0 saturated carbocycles. The van der Waals surface area contributed by atoms with Crippen LogP contribution in [0.4, 0.5) is 0 Å². The van der Waals surface area contributed by atoms with Crippen molar-refractivity contribution in [3.63, 3.8) is 0 Å². The Bertz CT molecular complexity index is 1700. The highest BCUT2D eigenvalue weighted by Crippen LogP contribution is 2.47. The number of nitrogens with zero attached hydrogens (tertiary/aromatic N) is 5. The van der Waals surface area contributed by atoms with Crippen molar-refractivity contribution in [1.29, 1.82) is 0 Å². The molecule has 4 aliphatic rings. The average Bonchev–Trinajstić information content (AvgIpc) is 4.03. The lowest BCUT2D eigenvalue weighted by atomic mass is 9.72. The van der Waals surface area contributed by atoms with Crippen LogP contribution in [-0.4, -0.2) is 115 Å². The number of unbranched alkanes of at least 4 members (excludes halogenated alkanes) is 1. The van der Waals surface area contributed by atoms with Gasteiger partial charge in [0.05, 0.1) is 37.0 Å². The van der Waals surface area contributed by atoms with Gasteiger partial charge in [0.25, 0.3) is 0 Å². The van der Waals surface area contributed by atoms with Gasteiger partial charge in [-0.05, 0) is 113 Å². The lowest BCUT2D eigenvalue weighted by Gasteiger charge is -2.49. The van der Waals surface area contributed by atoms with Gasteiger partial charge in [-0.2, -0.15) is 0 Å². The van der Waals surface area contributed by atoms with Crippen LogP contribution in [0.2, 0.25) is 5.02 Å². The van der Waals surface area contributed by atoms with E-state index in [1.165, 1.54) is 44.3 Å². The van der Waals surface area contributed by atoms with E-state index in [0.717, 1.165) is 98.8 Å². The number of hydrogen-bond donors (Lipinski definition) is 0. The first kappa shape index (κ1) is 39.7. The molecule has 1 aliphatic carbocycles. The summed E-state index contributed by atoms with van der Waals surface area (Å²) in [6.45, 7) is 17.7. The van der Waals surface area contributed by atoms with Crippen LogP contribution < -0.4 is 9.47 Å². The zero-order chi connectivity index (χ0) is 38.0. The number of likely N-dealkylation sites (tertiary alicyclic amines) is 2. The minimum absolute atomic E-state index is 0.0713. The fourth-order valence-electron chi connectivity index (χ4n) is 8.71. The Kier molecular flexibility index (Phi) is 13.8. The topological polar surface area (TPSA) is 63.9 Å². The summed E-state index contributed by atoms with van der Waals surface area (Å²) in [6, 6.07) is 18.2. The van der Waals surface area contributed by atoms with Crippen LogP contribution in [0.25, 0.3) is 0 Å². The van der Waals surface area contributed by atoms with Gasteiger partial charge in [0.2, 0.25) is 0 Å². The molecular weight excluding hydrogens is 710 g/mol. The summed E-state index contributed by atoms with van der Waals surface area (Å²) in [5.74, 6) is 3.64. The first-order valence-electron chi connectivity index (χ1n) is 20.9. The van der Waals surface area contributed by atoms with Crippen LogP contribution >= 0.6 is 11.6 Å². The Labute approximate surface area is 334 Å². The largest absolute Gasteiger partial charge is 0.494 e. The molecule has 10 heteroatoms. The van der Waals surface area contributed by atoms with Crippen LogP contribution in [0.1, 0.15) is 70.4 Å². The van der Waals surface area contributed by atoms with E-state index in [2.05, 4.69) is 88.8 Å². The summed E-state index contributed by atoms with van der Waals surface area (Å²) < 4.78 is 28.8. The van der Waals surface area contributed by atoms with E-state index in [4.69, 9.17) is 35.5 Å². The Morgan fingerprint density at radius 1 is 0.800 bits per heavy atom. The van der Waals surface area contributed by atoms with E-state index in [1.54, 1.807) is 0 Å². The fourth-order valence-corrected chi connectivity index (χ4v) is 8.84. The summed E-state index contributed by atoms with van der Waals surface area (Å²) in [5, 5.41) is 0.740. The lowest BCUT2D eigenvalue weighted by molar-refractivity contribution is -0.0342. The van der Waals surface area contributed by atoms with Gasteiger partial charge in [-0.1, -0.05) is 44.0 Å². The smallest absolute Gasteiger partial charge is 0.136 e. The number of ether oxygens (including phenoxy) is 4. The van der Waals surface area contributed by atoms with Gasteiger partial charge < -0.3 is 33.3 Å². The highest BCUT2D eigenvalue weighted by molar-refractivity contribution is 6.30. The Morgan fingerprint density at radius 2 is 1.49 bits per heavy atom. The molecule has 2 saturated heterocycles. The molecule has 7 rings (SSSR count). The number of aliphatic imine (C=N–C) groups is 1. The predicted molar refractivity (Wildman–Crippen MR) is 222 cm³/mol. The van der Waals surface area contributed by atoms with Crippen LogP contribution in [-0.2, 0) is 22.4 Å². The molecule has 0 bridgehead atoms. The van der Waals surface area contributed by atoms with Crippen molar-refractivity contribution >= 4 is 17.4 Å². The summed E-state index contributed by atoms with van der Waals surface area (Å²) in [4.78, 5) is 13.2.